The summed E-state index contributed by atoms with van der Waals surface area (Å²) < 4.78 is 34.1. The van der Waals surface area contributed by atoms with Gasteiger partial charge in [-0.1, -0.05) is 169 Å². The van der Waals surface area contributed by atoms with E-state index < -0.39 is 124 Å². The van der Waals surface area contributed by atoms with Gasteiger partial charge in [0.1, 0.15) is 73.2 Å². The molecule has 3 aliphatic heterocycles. The van der Waals surface area contributed by atoms with Crippen LogP contribution in [-0.4, -0.2) is 193 Å². The summed E-state index contributed by atoms with van der Waals surface area (Å²) in [6.07, 6.45) is 27.6. The second-order valence-corrected chi connectivity index (χ2v) is 21.4. The van der Waals surface area contributed by atoms with Crippen LogP contribution in [0.2, 0.25) is 0 Å². The molecule has 3 aliphatic rings. The Balaban J connectivity index is 1.41. The molecule has 0 aromatic carbocycles. The SMILES string of the molecule is C/C=C/CC/C=C/CC/C=C/C(O)C(COC1OC(CO)C(OC2OC(CO)C(OC3OC(CO)C(O)C(O)C3O)C(O)C2O)C(O)C1O)NC(=O)CCCCCCCCCCCCCCCC/C=C\C/C=C\C/C=C\C/C=C\CC. The second kappa shape index (κ2) is 44.4. The molecule has 19 heteroatoms. The van der Waals surface area contributed by atoms with E-state index >= 15 is 0 Å². The molecule has 19 nitrogen and oxygen atoms in total. The van der Waals surface area contributed by atoms with Gasteiger partial charge in [0.05, 0.1) is 38.6 Å². The predicted octanol–water partition coefficient (Wildman–Crippen LogP) is 5.59. The van der Waals surface area contributed by atoms with Gasteiger partial charge in [-0.2, -0.15) is 0 Å². The fourth-order valence-electron chi connectivity index (χ4n) is 9.81. The van der Waals surface area contributed by atoms with E-state index in [4.69, 9.17) is 28.4 Å². The van der Waals surface area contributed by atoms with Gasteiger partial charge < -0.3 is 89.9 Å². The molecule has 0 aromatic heterocycles. The Hall–Kier alpha value is -3.03. The summed E-state index contributed by atoms with van der Waals surface area (Å²) in [5.41, 5.74) is 0. The summed E-state index contributed by atoms with van der Waals surface area (Å²) in [6, 6.07) is -0.998. The Morgan fingerprint density at radius 1 is 0.469 bits per heavy atom. The number of unbranched alkanes of at least 4 members (excludes halogenated alkanes) is 16. The number of aliphatic hydroxyl groups is 11. The number of hydrogen-bond donors (Lipinski definition) is 12. The van der Waals surface area contributed by atoms with Gasteiger partial charge in [-0.3, -0.25) is 4.79 Å². The molecule has 12 N–H and O–H groups in total. The molecular formula is C62H105NO18. The van der Waals surface area contributed by atoms with Crippen LogP contribution in [0.25, 0.3) is 0 Å². The minimum Gasteiger partial charge on any atom is -0.394 e. The number of carbonyl (C=O) groups excluding carboxylic acids is 1. The van der Waals surface area contributed by atoms with Gasteiger partial charge >= 0.3 is 0 Å². The average molecular weight is 1150 g/mol. The van der Waals surface area contributed by atoms with E-state index in [1.54, 1.807) is 12.2 Å². The van der Waals surface area contributed by atoms with Crippen LogP contribution < -0.4 is 5.32 Å². The Morgan fingerprint density at radius 3 is 1.38 bits per heavy atom. The maximum absolute atomic E-state index is 13.3. The first-order chi connectivity index (χ1) is 39.3. The van der Waals surface area contributed by atoms with Crippen molar-refractivity contribution in [1.82, 2.24) is 5.32 Å². The first-order valence-electron chi connectivity index (χ1n) is 30.3. The summed E-state index contributed by atoms with van der Waals surface area (Å²) in [7, 11) is 0. The monoisotopic (exact) mass is 1150 g/mol. The summed E-state index contributed by atoms with van der Waals surface area (Å²) in [5, 5.41) is 120. The van der Waals surface area contributed by atoms with Gasteiger partial charge in [0.25, 0.3) is 0 Å². The molecule has 1 amide bonds. The molecule has 0 aliphatic carbocycles. The van der Waals surface area contributed by atoms with Crippen LogP contribution in [0.5, 0.6) is 0 Å². The molecule has 0 radical (unpaired) electrons. The zero-order chi connectivity index (χ0) is 59.0. The fraction of sp³-hybridized carbons (Fsp3) is 0.758. The highest BCUT2D eigenvalue weighted by atomic mass is 16.8. The van der Waals surface area contributed by atoms with Crippen LogP contribution in [0.1, 0.15) is 168 Å². The van der Waals surface area contributed by atoms with E-state index in [0.717, 1.165) is 77.0 Å². The first kappa shape index (κ1) is 72.2. The topological polar surface area (TPSA) is 307 Å². The van der Waals surface area contributed by atoms with Crippen molar-refractivity contribution in [3.63, 3.8) is 0 Å². The van der Waals surface area contributed by atoms with Gasteiger partial charge in [-0.05, 0) is 77.6 Å². The number of aliphatic hydroxyl groups excluding tert-OH is 11. The molecule has 0 spiro atoms. The number of ether oxygens (including phenoxy) is 6. The molecule has 0 aromatic rings. The molecule has 0 bridgehead atoms. The minimum atomic E-state index is -1.98. The van der Waals surface area contributed by atoms with Gasteiger partial charge in [0.15, 0.2) is 18.9 Å². The Labute approximate surface area is 482 Å². The number of allylic oxidation sites excluding steroid dienone is 13. The lowest BCUT2D eigenvalue weighted by Crippen LogP contribution is -2.66. The van der Waals surface area contributed by atoms with E-state index in [9.17, 15) is 61.0 Å². The van der Waals surface area contributed by atoms with Crippen molar-refractivity contribution in [2.45, 2.75) is 272 Å². The number of carbonyl (C=O) groups is 1. The van der Waals surface area contributed by atoms with E-state index in [1.165, 1.54) is 57.8 Å². The molecule has 3 fully saturated rings. The third-order valence-corrected chi connectivity index (χ3v) is 14.8. The van der Waals surface area contributed by atoms with Crippen LogP contribution in [-0.2, 0) is 33.2 Å². The number of hydrogen-bond acceptors (Lipinski definition) is 18. The lowest BCUT2D eigenvalue weighted by molar-refractivity contribution is -0.379. The third kappa shape index (κ3) is 28.1. The maximum atomic E-state index is 13.3. The smallest absolute Gasteiger partial charge is 0.220 e. The number of nitrogens with one attached hydrogen (secondary N) is 1. The lowest BCUT2D eigenvalue weighted by Gasteiger charge is -2.48. The Kier molecular flexibility index (Phi) is 39.6. The van der Waals surface area contributed by atoms with Crippen molar-refractivity contribution < 1.29 is 89.4 Å². The van der Waals surface area contributed by atoms with Gasteiger partial charge in [0.2, 0.25) is 5.91 Å². The van der Waals surface area contributed by atoms with Crippen LogP contribution >= 0.6 is 0 Å². The van der Waals surface area contributed by atoms with Crippen molar-refractivity contribution in [2.75, 3.05) is 26.4 Å². The van der Waals surface area contributed by atoms with E-state index in [0.29, 0.717) is 12.8 Å². The standard InChI is InChI=1S/C62H105NO18/c1-3-5-7-9-11-13-14-15-16-17-18-19-20-21-22-23-24-25-26-27-28-29-30-32-34-36-38-40-50(68)63-45(46(67)39-37-35-33-31-12-10-8-6-4-2)44-76-60-56(74)53(71)58(48(42-65)78-60)81-62-57(75)54(72)59(49(43-66)79-62)80-61-55(73)52(70)51(69)47(41-64)77-61/h4-7,11-13,15-16,18-19,31,37,39,45-49,51-62,64-67,69-75H,3,8-10,14,17,20-30,32-36,38,40-44H2,1-2H3,(H,63,68)/b6-4+,7-5-,13-11-,16-15-,19-18-,31-12+,39-37+. The average Bonchev–Trinajstić information content (AvgIpc) is 3.55. The van der Waals surface area contributed by atoms with Crippen molar-refractivity contribution in [3.8, 4) is 0 Å². The van der Waals surface area contributed by atoms with Gasteiger partial charge in [0, 0.05) is 6.42 Å². The minimum absolute atomic E-state index is 0.226. The third-order valence-electron chi connectivity index (χ3n) is 14.8. The molecule has 0 saturated carbocycles. The zero-order valence-corrected chi connectivity index (χ0v) is 48.5. The predicted molar refractivity (Wildman–Crippen MR) is 309 cm³/mol. The highest BCUT2D eigenvalue weighted by Crippen LogP contribution is 2.33. The van der Waals surface area contributed by atoms with E-state index in [1.807, 2.05) is 13.0 Å². The lowest BCUT2D eigenvalue weighted by atomic mass is 9.96. The molecule has 81 heavy (non-hydrogen) atoms. The second-order valence-electron chi connectivity index (χ2n) is 21.4. The summed E-state index contributed by atoms with van der Waals surface area (Å²) >= 11 is 0. The maximum Gasteiger partial charge on any atom is 0.220 e. The molecule has 3 saturated heterocycles. The van der Waals surface area contributed by atoms with Crippen LogP contribution in [0.3, 0.4) is 0 Å². The Bertz CT molecular complexity index is 1810. The molecule has 3 rings (SSSR count). The summed E-state index contributed by atoms with van der Waals surface area (Å²) in [6.45, 7) is 1.31. The van der Waals surface area contributed by atoms with Crippen molar-refractivity contribution in [2.24, 2.45) is 0 Å². The quantitative estimate of drug-likeness (QED) is 0.0261. The Morgan fingerprint density at radius 2 is 0.877 bits per heavy atom. The van der Waals surface area contributed by atoms with Crippen LogP contribution in [0.4, 0.5) is 0 Å². The van der Waals surface area contributed by atoms with Crippen molar-refractivity contribution in [3.05, 3.63) is 85.1 Å². The molecule has 3 heterocycles. The largest absolute Gasteiger partial charge is 0.394 e. The normalized spacial score (nSPS) is 30.4. The number of rotatable bonds is 43. The molecular weight excluding hydrogens is 1050 g/mol. The summed E-state index contributed by atoms with van der Waals surface area (Å²) in [4.78, 5) is 13.3. The van der Waals surface area contributed by atoms with Crippen LogP contribution in [0.15, 0.2) is 85.1 Å². The van der Waals surface area contributed by atoms with Crippen molar-refractivity contribution in [1.29, 1.82) is 0 Å². The van der Waals surface area contributed by atoms with Crippen molar-refractivity contribution >= 4 is 5.91 Å². The van der Waals surface area contributed by atoms with E-state index in [2.05, 4.69) is 79.1 Å². The first-order valence-corrected chi connectivity index (χ1v) is 30.3. The summed E-state index contributed by atoms with van der Waals surface area (Å²) in [5.74, 6) is -0.298. The number of amides is 1. The molecule has 17 atom stereocenters. The molecule has 466 valence electrons. The van der Waals surface area contributed by atoms with Crippen LogP contribution in [0, 0.1) is 0 Å². The zero-order valence-electron chi connectivity index (χ0n) is 48.5. The highest BCUT2D eigenvalue weighted by Gasteiger charge is 2.53. The van der Waals surface area contributed by atoms with Gasteiger partial charge in [-0.15, -0.1) is 0 Å². The highest BCUT2D eigenvalue weighted by molar-refractivity contribution is 5.76. The molecule has 17 unspecified atom stereocenters. The fourth-order valence-corrected chi connectivity index (χ4v) is 9.81. The van der Waals surface area contributed by atoms with Gasteiger partial charge in [-0.25, -0.2) is 0 Å². The van der Waals surface area contributed by atoms with E-state index in [-0.39, 0.29) is 18.9 Å².